The van der Waals surface area contributed by atoms with Gasteiger partial charge in [0.15, 0.2) is 0 Å². The lowest BCUT2D eigenvalue weighted by atomic mass is 10.3. The second kappa shape index (κ2) is 11.6. The van der Waals surface area contributed by atoms with Crippen LogP contribution in [-0.4, -0.2) is 71.6 Å². The maximum atomic E-state index is 4.33. The zero-order valence-corrected chi connectivity index (χ0v) is 20.1. The minimum atomic E-state index is -0.909. The highest BCUT2D eigenvalue weighted by atomic mass is 28.3. The van der Waals surface area contributed by atoms with Crippen LogP contribution < -0.4 is 0 Å². The van der Waals surface area contributed by atoms with E-state index in [4.69, 9.17) is 0 Å². The lowest BCUT2D eigenvalue weighted by Gasteiger charge is -2.27. The van der Waals surface area contributed by atoms with E-state index in [1.807, 2.05) is 0 Å². The first kappa shape index (κ1) is 22.9. The molecule has 25 heavy (non-hydrogen) atoms. The average molecular weight is 384 g/mol. The molecule has 0 atom stereocenters. The van der Waals surface area contributed by atoms with Crippen LogP contribution in [0.1, 0.15) is 33.1 Å². The molecule has 0 unspecified atom stereocenters. The third-order valence-electron chi connectivity index (χ3n) is 6.25. The molecule has 1 heterocycles. The summed E-state index contributed by atoms with van der Waals surface area (Å²) in [4.78, 5) is 9.49. The van der Waals surface area contributed by atoms with Crippen molar-refractivity contribution in [3.63, 3.8) is 0 Å². The van der Waals surface area contributed by atoms with E-state index in [2.05, 4.69) is 61.2 Å². The van der Waals surface area contributed by atoms with Crippen LogP contribution in [0.25, 0.3) is 0 Å². The molecule has 1 aliphatic heterocycles. The van der Waals surface area contributed by atoms with Gasteiger partial charge in [-0.1, -0.05) is 64.2 Å². The maximum Gasteiger partial charge on any atom is 0.0851 e. The van der Waals surface area contributed by atoms with Crippen molar-refractivity contribution in [1.29, 1.82) is 0 Å². The van der Waals surface area contributed by atoms with Gasteiger partial charge in [0, 0.05) is 29.2 Å². The van der Waals surface area contributed by atoms with E-state index in [1.54, 1.807) is 0 Å². The van der Waals surface area contributed by atoms with Crippen LogP contribution in [-0.2, 0) is 0 Å². The zero-order chi connectivity index (χ0) is 18.8. The topological polar surface area (TPSA) is 18.8 Å². The molecule has 0 N–H and O–H groups in total. The van der Waals surface area contributed by atoms with Crippen molar-refractivity contribution in [2.75, 3.05) is 39.3 Å². The van der Waals surface area contributed by atoms with Crippen molar-refractivity contribution in [2.45, 2.75) is 83.5 Å². The van der Waals surface area contributed by atoms with Gasteiger partial charge in [-0.15, -0.1) is 0 Å². The fourth-order valence-electron chi connectivity index (χ4n) is 3.34. The van der Waals surface area contributed by atoms with Gasteiger partial charge >= 0.3 is 0 Å². The maximum absolute atomic E-state index is 4.33. The molecule has 0 aromatic heterocycles. The van der Waals surface area contributed by atoms with Gasteiger partial charge in [0.1, 0.15) is 0 Å². The first-order valence-corrected chi connectivity index (χ1v) is 17.6. The summed E-state index contributed by atoms with van der Waals surface area (Å²) in [5.74, 6) is 0. The fourth-order valence-corrected chi connectivity index (χ4v) is 6.27. The van der Waals surface area contributed by atoms with Crippen LogP contribution in [0.3, 0.4) is 0 Å². The molecule has 1 rings (SSSR count). The highest BCUT2D eigenvalue weighted by Gasteiger charge is 2.19. The minimum Gasteiger partial charge on any atom is -0.361 e. The van der Waals surface area contributed by atoms with Crippen molar-refractivity contribution in [3.8, 4) is 0 Å². The molecule has 0 saturated carbocycles. The number of nitrogens with zero attached hydrogens (tertiary/aromatic N) is 3. The minimum absolute atomic E-state index is 0.909. The summed E-state index contributed by atoms with van der Waals surface area (Å²) in [6.45, 7) is 22.2. The predicted molar refractivity (Wildman–Crippen MR) is 121 cm³/mol. The monoisotopic (exact) mass is 383 g/mol. The Bertz CT molecular complexity index is 361. The zero-order valence-electron chi connectivity index (χ0n) is 18.1. The molecule has 1 aliphatic rings. The smallest absolute Gasteiger partial charge is 0.0851 e. The van der Waals surface area contributed by atoms with E-state index in [-0.39, 0.29) is 0 Å². The van der Waals surface area contributed by atoms with Crippen LogP contribution in [0.4, 0.5) is 0 Å². The number of aliphatic imine (C=N–C) groups is 1. The summed E-state index contributed by atoms with van der Waals surface area (Å²) >= 11 is 0. The van der Waals surface area contributed by atoms with Gasteiger partial charge in [-0.05, 0) is 38.9 Å². The number of hydrogen-bond acceptors (Lipinski definition) is 3. The normalized spacial score (nSPS) is 15.6. The van der Waals surface area contributed by atoms with Gasteiger partial charge in [-0.3, -0.25) is 4.99 Å². The molecule has 148 valence electrons. The van der Waals surface area contributed by atoms with E-state index in [1.165, 1.54) is 69.6 Å². The van der Waals surface area contributed by atoms with Gasteiger partial charge in [0.2, 0.25) is 0 Å². The molecular weight excluding hydrogens is 338 g/mol. The number of hydrogen-bond donors (Lipinski definition) is 0. The van der Waals surface area contributed by atoms with Gasteiger partial charge < -0.3 is 9.80 Å². The molecule has 3 nitrogen and oxygen atoms in total. The fraction of sp³-hybridized carbons (Fsp3) is 0.950. The van der Waals surface area contributed by atoms with Crippen LogP contribution in [0.5, 0.6) is 0 Å². The standard InChI is InChI=1S/C20H45N3Si2/c1-7-24(3,4)18-10-15-22(16-11-19-25(5,6)8-2)13-9-14-23-17-12-21-20-23/h20H,7-19H2,1-6H3. The Morgan fingerprint density at radius 1 is 0.880 bits per heavy atom. The van der Waals surface area contributed by atoms with Gasteiger partial charge in [-0.2, -0.15) is 0 Å². The van der Waals surface area contributed by atoms with Crippen LogP contribution in [0, 0.1) is 0 Å². The quantitative estimate of drug-likeness (QED) is 0.381. The molecule has 0 fully saturated rings. The van der Waals surface area contributed by atoms with Crippen molar-refractivity contribution < 1.29 is 0 Å². The first-order valence-electron chi connectivity index (χ1n) is 10.7. The van der Waals surface area contributed by atoms with E-state index in [0.717, 1.165) is 13.1 Å². The Hall–Kier alpha value is -0.136. The lowest BCUT2D eigenvalue weighted by molar-refractivity contribution is 0.260. The molecular formula is C20H45N3Si2. The van der Waals surface area contributed by atoms with E-state index in [9.17, 15) is 0 Å². The van der Waals surface area contributed by atoms with Crippen molar-refractivity contribution in [2.24, 2.45) is 4.99 Å². The Morgan fingerprint density at radius 3 is 1.84 bits per heavy atom. The Morgan fingerprint density at radius 2 is 1.40 bits per heavy atom. The molecule has 5 heteroatoms. The van der Waals surface area contributed by atoms with Crippen molar-refractivity contribution in [1.82, 2.24) is 9.80 Å². The predicted octanol–water partition coefficient (Wildman–Crippen LogP) is 5.26. The second-order valence-corrected chi connectivity index (χ2v) is 20.6. The first-order chi connectivity index (χ1) is 11.8. The summed E-state index contributed by atoms with van der Waals surface area (Å²) in [5.41, 5.74) is 0. The third-order valence-corrected chi connectivity index (χ3v) is 13.5. The van der Waals surface area contributed by atoms with E-state index in [0.29, 0.717) is 0 Å². The largest absolute Gasteiger partial charge is 0.361 e. The molecule has 0 radical (unpaired) electrons. The van der Waals surface area contributed by atoms with Gasteiger partial charge in [0.05, 0.1) is 12.9 Å². The van der Waals surface area contributed by atoms with Crippen LogP contribution >= 0.6 is 0 Å². The molecule has 0 aromatic carbocycles. The third kappa shape index (κ3) is 10.6. The van der Waals surface area contributed by atoms with Crippen molar-refractivity contribution in [3.05, 3.63) is 0 Å². The molecule has 0 saturated heterocycles. The SMILES string of the molecule is CC[Si](C)(C)CCCN(CCCN1C=NCC1)CCC[Si](C)(C)CC. The molecule has 0 amide bonds. The Balaban J connectivity index is 2.35. The highest BCUT2D eigenvalue weighted by molar-refractivity contribution is 6.77. The van der Waals surface area contributed by atoms with Crippen molar-refractivity contribution >= 4 is 22.5 Å². The molecule has 0 spiro atoms. The van der Waals surface area contributed by atoms with E-state index >= 15 is 0 Å². The lowest BCUT2D eigenvalue weighted by Crippen LogP contribution is -2.33. The number of rotatable bonds is 14. The Labute approximate surface area is 160 Å². The highest BCUT2D eigenvalue weighted by Crippen LogP contribution is 2.19. The van der Waals surface area contributed by atoms with Gasteiger partial charge in [0.25, 0.3) is 0 Å². The Kier molecular flexibility index (Phi) is 10.6. The van der Waals surface area contributed by atoms with Crippen LogP contribution in [0.15, 0.2) is 4.99 Å². The summed E-state index contributed by atoms with van der Waals surface area (Å²) in [6.07, 6.45) is 6.16. The second-order valence-electron chi connectivity index (χ2n) is 9.50. The average Bonchev–Trinajstić information content (AvgIpc) is 3.07. The molecule has 0 aromatic rings. The van der Waals surface area contributed by atoms with E-state index < -0.39 is 16.1 Å². The molecule has 0 bridgehead atoms. The van der Waals surface area contributed by atoms with Gasteiger partial charge in [-0.25, -0.2) is 0 Å². The summed E-state index contributed by atoms with van der Waals surface area (Å²) in [6, 6.07) is 5.84. The summed E-state index contributed by atoms with van der Waals surface area (Å²) in [5, 5.41) is 0. The summed E-state index contributed by atoms with van der Waals surface area (Å²) < 4.78 is 0. The summed E-state index contributed by atoms with van der Waals surface area (Å²) in [7, 11) is -1.82. The molecule has 0 aliphatic carbocycles. The van der Waals surface area contributed by atoms with Crippen LogP contribution in [0.2, 0.25) is 50.4 Å².